The molecule has 1 aliphatic heterocycles. The van der Waals surface area contributed by atoms with Crippen LogP contribution in [0.4, 0.5) is 11.6 Å². The number of nitrogens with one attached hydrogen (secondary N) is 2. The highest BCUT2D eigenvalue weighted by atomic mass is 32.1. The summed E-state index contributed by atoms with van der Waals surface area (Å²) in [7, 11) is 0. The summed E-state index contributed by atoms with van der Waals surface area (Å²) < 4.78 is 7.18. The second-order valence-electron chi connectivity index (χ2n) is 8.73. The molecule has 35 heavy (non-hydrogen) atoms. The number of anilines is 2. The molecule has 2 aromatic carbocycles. The Morgan fingerprint density at radius 1 is 1.23 bits per heavy atom. The SMILES string of the molecule is CC(=O)Nc1cccc(-c2cc3nc(N4CCOC(c5ccc(C)c6[nH]ncc56)C4)ncc3s2)c1. The van der Waals surface area contributed by atoms with Gasteiger partial charge in [-0.05, 0) is 41.8 Å². The first-order chi connectivity index (χ1) is 17.0. The summed E-state index contributed by atoms with van der Waals surface area (Å²) in [5, 5.41) is 11.3. The van der Waals surface area contributed by atoms with Gasteiger partial charge in [-0.1, -0.05) is 24.3 Å². The second kappa shape index (κ2) is 8.75. The molecule has 0 bridgehead atoms. The van der Waals surface area contributed by atoms with Crippen molar-refractivity contribution < 1.29 is 9.53 Å². The number of hydrogen-bond donors (Lipinski definition) is 2. The van der Waals surface area contributed by atoms with Crippen LogP contribution < -0.4 is 10.2 Å². The van der Waals surface area contributed by atoms with E-state index >= 15 is 0 Å². The molecule has 1 amide bonds. The van der Waals surface area contributed by atoms with Gasteiger partial charge in [-0.15, -0.1) is 11.3 Å². The van der Waals surface area contributed by atoms with E-state index in [4.69, 9.17) is 9.72 Å². The van der Waals surface area contributed by atoms with Crippen LogP contribution >= 0.6 is 11.3 Å². The number of morpholine rings is 1. The molecule has 0 saturated carbocycles. The number of benzene rings is 2. The molecule has 3 aromatic heterocycles. The molecule has 0 aliphatic carbocycles. The van der Waals surface area contributed by atoms with E-state index in [1.54, 1.807) is 11.3 Å². The highest BCUT2D eigenvalue weighted by Gasteiger charge is 2.26. The smallest absolute Gasteiger partial charge is 0.226 e. The number of carbonyl (C=O) groups is 1. The Kier molecular flexibility index (Phi) is 5.43. The van der Waals surface area contributed by atoms with Crippen molar-refractivity contribution in [1.29, 1.82) is 0 Å². The number of aromatic nitrogens is 4. The van der Waals surface area contributed by atoms with Crippen molar-refractivity contribution in [3.05, 3.63) is 66.0 Å². The summed E-state index contributed by atoms with van der Waals surface area (Å²) in [6.45, 7) is 5.59. The van der Waals surface area contributed by atoms with Crippen LogP contribution in [-0.2, 0) is 9.53 Å². The minimum Gasteiger partial charge on any atom is -0.370 e. The lowest BCUT2D eigenvalue weighted by Gasteiger charge is -2.33. The number of H-pyrrole nitrogens is 1. The van der Waals surface area contributed by atoms with Gasteiger partial charge in [0.15, 0.2) is 0 Å². The van der Waals surface area contributed by atoms with E-state index in [1.807, 2.05) is 36.7 Å². The normalized spacial score (nSPS) is 16.2. The molecule has 8 nitrogen and oxygen atoms in total. The molecule has 5 aromatic rings. The predicted octanol–water partition coefficient (Wildman–Crippen LogP) is 5.08. The van der Waals surface area contributed by atoms with Crippen LogP contribution in [0.25, 0.3) is 31.6 Å². The molecular weight excluding hydrogens is 460 g/mol. The van der Waals surface area contributed by atoms with E-state index in [0.29, 0.717) is 19.1 Å². The maximum atomic E-state index is 11.4. The van der Waals surface area contributed by atoms with E-state index in [2.05, 4.69) is 50.5 Å². The number of nitrogens with zero attached hydrogens (tertiary/aromatic N) is 4. The molecule has 1 fully saturated rings. The fraction of sp³-hybridized carbons (Fsp3) is 0.231. The zero-order valence-electron chi connectivity index (χ0n) is 19.4. The molecule has 1 unspecified atom stereocenters. The summed E-state index contributed by atoms with van der Waals surface area (Å²) in [5.41, 5.74) is 6.07. The Hall–Kier alpha value is -3.82. The molecule has 1 aliphatic rings. The third-order valence-electron chi connectivity index (χ3n) is 6.28. The molecule has 176 valence electrons. The standard InChI is InChI=1S/C26H24N6O2S/c1-15-6-7-19(20-12-28-31-25(15)20)22-14-32(8-9-34-22)26-27-13-24-21(30-26)11-23(35-24)17-4-3-5-18(10-17)29-16(2)33/h3-7,10-13,22H,8-9,14H2,1-2H3,(H,28,31)(H,29,33). The quantitative estimate of drug-likeness (QED) is 0.369. The maximum Gasteiger partial charge on any atom is 0.226 e. The number of amides is 1. The Balaban J connectivity index is 1.28. The van der Waals surface area contributed by atoms with Crippen LogP contribution in [0.15, 0.2) is 54.9 Å². The zero-order chi connectivity index (χ0) is 23.9. The average Bonchev–Trinajstić information content (AvgIpc) is 3.52. The lowest BCUT2D eigenvalue weighted by atomic mass is 10.0. The van der Waals surface area contributed by atoms with Crippen LogP contribution in [-0.4, -0.2) is 45.8 Å². The molecule has 4 heterocycles. The van der Waals surface area contributed by atoms with Gasteiger partial charge in [0, 0.05) is 29.4 Å². The van der Waals surface area contributed by atoms with Crippen LogP contribution in [0.3, 0.4) is 0 Å². The lowest BCUT2D eigenvalue weighted by molar-refractivity contribution is -0.114. The van der Waals surface area contributed by atoms with Crippen molar-refractivity contribution in [2.45, 2.75) is 20.0 Å². The van der Waals surface area contributed by atoms with Crippen LogP contribution in [0, 0.1) is 6.92 Å². The van der Waals surface area contributed by atoms with Gasteiger partial charge in [0.2, 0.25) is 11.9 Å². The zero-order valence-corrected chi connectivity index (χ0v) is 20.2. The van der Waals surface area contributed by atoms with Crippen molar-refractivity contribution in [2.75, 3.05) is 29.9 Å². The molecule has 9 heteroatoms. The molecule has 0 radical (unpaired) electrons. The Bertz CT molecular complexity index is 1560. The first-order valence-electron chi connectivity index (χ1n) is 11.5. The van der Waals surface area contributed by atoms with E-state index in [0.717, 1.165) is 49.4 Å². The van der Waals surface area contributed by atoms with E-state index in [-0.39, 0.29) is 12.0 Å². The van der Waals surface area contributed by atoms with Crippen molar-refractivity contribution in [3.63, 3.8) is 0 Å². The van der Waals surface area contributed by atoms with Gasteiger partial charge in [0.05, 0.1) is 41.3 Å². The minimum absolute atomic E-state index is 0.0849. The first kappa shape index (κ1) is 21.7. The topological polar surface area (TPSA) is 96.0 Å². The molecule has 0 spiro atoms. The van der Waals surface area contributed by atoms with Gasteiger partial charge in [-0.25, -0.2) is 9.97 Å². The van der Waals surface area contributed by atoms with Crippen molar-refractivity contribution in [3.8, 4) is 10.4 Å². The minimum atomic E-state index is -0.0862. The van der Waals surface area contributed by atoms with E-state index in [9.17, 15) is 4.79 Å². The fourth-order valence-electron chi connectivity index (χ4n) is 4.57. The first-order valence-corrected chi connectivity index (χ1v) is 12.3. The van der Waals surface area contributed by atoms with Crippen molar-refractivity contribution in [2.24, 2.45) is 0 Å². The molecule has 2 N–H and O–H groups in total. The van der Waals surface area contributed by atoms with Crippen molar-refractivity contribution in [1.82, 2.24) is 20.2 Å². The van der Waals surface area contributed by atoms with Crippen LogP contribution in [0.5, 0.6) is 0 Å². The monoisotopic (exact) mass is 484 g/mol. The summed E-state index contributed by atoms with van der Waals surface area (Å²) in [4.78, 5) is 24.3. The average molecular weight is 485 g/mol. The number of hydrogen-bond acceptors (Lipinski definition) is 7. The number of aryl methyl sites for hydroxylation is 1. The van der Waals surface area contributed by atoms with Gasteiger partial charge in [0.25, 0.3) is 0 Å². The highest BCUT2D eigenvalue weighted by Crippen LogP contribution is 2.35. The summed E-state index contributed by atoms with van der Waals surface area (Å²) in [5.74, 6) is 0.620. The third kappa shape index (κ3) is 4.13. The lowest BCUT2D eigenvalue weighted by Crippen LogP contribution is -2.39. The van der Waals surface area contributed by atoms with E-state index < -0.39 is 0 Å². The largest absolute Gasteiger partial charge is 0.370 e. The van der Waals surface area contributed by atoms with Gasteiger partial charge in [-0.3, -0.25) is 9.89 Å². The van der Waals surface area contributed by atoms with Gasteiger partial charge < -0.3 is 15.0 Å². The Labute approximate surface area is 206 Å². The number of aromatic amines is 1. The maximum absolute atomic E-state index is 11.4. The van der Waals surface area contributed by atoms with Crippen molar-refractivity contribution >= 4 is 50.0 Å². The summed E-state index contributed by atoms with van der Waals surface area (Å²) in [6.07, 6.45) is 3.68. The molecule has 1 atom stereocenters. The Morgan fingerprint density at radius 3 is 3.03 bits per heavy atom. The third-order valence-corrected chi connectivity index (χ3v) is 7.39. The van der Waals surface area contributed by atoms with Crippen LogP contribution in [0.2, 0.25) is 0 Å². The molecule has 6 rings (SSSR count). The second-order valence-corrected chi connectivity index (χ2v) is 9.81. The molecular formula is C26H24N6O2S. The van der Waals surface area contributed by atoms with Crippen LogP contribution in [0.1, 0.15) is 24.2 Å². The highest BCUT2D eigenvalue weighted by molar-refractivity contribution is 7.22. The number of fused-ring (bicyclic) bond motifs is 2. The van der Waals surface area contributed by atoms with Gasteiger partial charge >= 0.3 is 0 Å². The van der Waals surface area contributed by atoms with E-state index in [1.165, 1.54) is 12.5 Å². The summed E-state index contributed by atoms with van der Waals surface area (Å²) >= 11 is 1.64. The number of rotatable bonds is 4. The Morgan fingerprint density at radius 2 is 2.14 bits per heavy atom. The fourth-order valence-corrected chi connectivity index (χ4v) is 5.54. The predicted molar refractivity (Wildman–Crippen MR) is 139 cm³/mol. The van der Waals surface area contributed by atoms with Gasteiger partial charge in [-0.2, -0.15) is 5.10 Å². The van der Waals surface area contributed by atoms with Gasteiger partial charge in [0.1, 0.15) is 6.10 Å². The number of ether oxygens (including phenoxy) is 1. The number of carbonyl (C=O) groups excluding carboxylic acids is 1. The number of thiophene rings is 1. The summed E-state index contributed by atoms with van der Waals surface area (Å²) in [6, 6.07) is 14.2. The molecule has 1 saturated heterocycles.